The van der Waals surface area contributed by atoms with Crippen LogP contribution in [0.15, 0.2) is 0 Å². The number of hydrogen-bond acceptors (Lipinski definition) is 2. The molecule has 1 aliphatic carbocycles. The van der Waals surface area contributed by atoms with Crippen molar-refractivity contribution >= 4 is 0 Å². The molecule has 0 unspecified atom stereocenters. The van der Waals surface area contributed by atoms with E-state index in [4.69, 9.17) is 0 Å². The summed E-state index contributed by atoms with van der Waals surface area (Å²) in [7, 11) is 0. The Morgan fingerprint density at radius 2 is 1.69 bits per heavy atom. The number of likely N-dealkylation sites (tertiary alicyclic amines) is 1. The first-order valence-corrected chi connectivity index (χ1v) is 5.48. The highest BCUT2D eigenvalue weighted by atomic mass is 15.1. The normalized spacial score (nSPS) is 27.6. The fourth-order valence-electron chi connectivity index (χ4n) is 2.73. The second-order valence-corrected chi connectivity index (χ2v) is 4.58. The second-order valence-electron chi connectivity index (χ2n) is 4.58. The van der Waals surface area contributed by atoms with Crippen molar-refractivity contribution in [2.75, 3.05) is 19.6 Å². The Balaban J connectivity index is 1.93. The maximum Gasteiger partial charge on any atom is 0.0703 e. The van der Waals surface area contributed by atoms with E-state index in [1.807, 2.05) is 0 Å². The summed E-state index contributed by atoms with van der Waals surface area (Å²) < 4.78 is 0. The molecular weight excluding hydrogens is 160 g/mol. The molecule has 2 heteroatoms. The molecule has 0 aromatic carbocycles. The van der Waals surface area contributed by atoms with Gasteiger partial charge in [-0.2, -0.15) is 5.26 Å². The third kappa shape index (κ3) is 1.86. The Bertz CT molecular complexity index is 205. The Morgan fingerprint density at radius 3 is 2.23 bits per heavy atom. The predicted octanol–water partition coefficient (Wildman–Crippen LogP) is 2.17. The average molecular weight is 178 g/mol. The van der Waals surface area contributed by atoms with Gasteiger partial charge in [0.05, 0.1) is 11.5 Å². The van der Waals surface area contributed by atoms with E-state index in [1.54, 1.807) is 0 Å². The van der Waals surface area contributed by atoms with Crippen molar-refractivity contribution < 1.29 is 0 Å². The van der Waals surface area contributed by atoms with E-state index in [0.717, 1.165) is 19.4 Å². The molecule has 13 heavy (non-hydrogen) atoms. The van der Waals surface area contributed by atoms with Crippen LogP contribution >= 0.6 is 0 Å². The minimum Gasteiger partial charge on any atom is -0.302 e. The van der Waals surface area contributed by atoms with Gasteiger partial charge in [0, 0.05) is 6.54 Å². The van der Waals surface area contributed by atoms with Gasteiger partial charge < -0.3 is 4.90 Å². The van der Waals surface area contributed by atoms with Crippen LogP contribution in [0.25, 0.3) is 0 Å². The molecule has 0 spiro atoms. The zero-order valence-electron chi connectivity index (χ0n) is 8.26. The van der Waals surface area contributed by atoms with E-state index < -0.39 is 0 Å². The van der Waals surface area contributed by atoms with Crippen molar-refractivity contribution in [1.29, 1.82) is 5.26 Å². The lowest BCUT2D eigenvalue weighted by molar-refractivity contribution is 0.230. The van der Waals surface area contributed by atoms with Gasteiger partial charge in [-0.1, -0.05) is 12.8 Å². The number of nitrogens with zero attached hydrogens (tertiary/aromatic N) is 2. The van der Waals surface area contributed by atoms with Crippen LogP contribution in [0.3, 0.4) is 0 Å². The van der Waals surface area contributed by atoms with E-state index in [2.05, 4.69) is 11.0 Å². The molecule has 0 aromatic rings. The lowest BCUT2D eigenvalue weighted by Gasteiger charge is -2.26. The smallest absolute Gasteiger partial charge is 0.0703 e. The molecular formula is C11H18N2. The van der Waals surface area contributed by atoms with Crippen molar-refractivity contribution in [2.45, 2.75) is 38.5 Å². The first-order valence-electron chi connectivity index (χ1n) is 5.48. The first-order chi connectivity index (χ1) is 6.35. The number of nitriles is 1. The quantitative estimate of drug-likeness (QED) is 0.648. The SMILES string of the molecule is N#CC1(CN2CCCC2)CCCC1. The molecule has 2 rings (SSSR count). The Kier molecular flexibility index (Phi) is 2.55. The van der Waals surface area contributed by atoms with Gasteiger partial charge >= 0.3 is 0 Å². The van der Waals surface area contributed by atoms with E-state index >= 15 is 0 Å². The number of rotatable bonds is 2. The van der Waals surface area contributed by atoms with Crippen LogP contribution in [0.2, 0.25) is 0 Å². The van der Waals surface area contributed by atoms with Gasteiger partial charge in [-0.3, -0.25) is 0 Å². The van der Waals surface area contributed by atoms with Crippen LogP contribution in [-0.2, 0) is 0 Å². The highest BCUT2D eigenvalue weighted by molar-refractivity contribution is 5.03. The summed E-state index contributed by atoms with van der Waals surface area (Å²) in [4.78, 5) is 2.48. The third-order valence-corrected chi connectivity index (χ3v) is 3.52. The summed E-state index contributed by atoms with van der Waals surface area (Å²) in [5, 5.41) is 9.20. The second kappa shape index (κ2) is 3.67. The van der Waals surface area contributed by atoms with E-state index in [-0.39, 0.29) is 5.41 Å². The Labute approximate surface area is 80.5 Å². The van der Waals surface area contributed by atoms with Crippen molar-refractivity contribution in [2.24, 2.45) is 5.41 Å². The molecule has 2 aliphatic rings. The van der Waals surface area contributed by atoms with E-state index in [0.29, 0.717) is 0 Å². The maximum atomic E-state index is 9.20. The highest BCUT2D eigenvalue weighted by Crippen LogP contribution is 2.38. The van der Waals surface area contributed by atoms with Crippen LogP contribution in [0, 0.1) is 16.7 Å². The van der Waals surface area contributed by atoms with E-state index in [9.17, 15) is 5.26 Å². The van der Waals surface area contributed by atoms with Gasteiger partial charge in [0.1, 0.15) is 0 Å². The Hall–Kier alpha value is -0.550. The summed E-state index contributed by atoms with van der Waals surface area (Å²) in [5.74, 6) is 0. The summed E-state index contributed by atoms with van der Waals surface area (Å²) >= 11 is 0. The van der Waals surface area contributed by atoms with Crippen LogP contribution in [0.1, 0.15) is 38.5 Å². The standard InChI is InChI=1S/C11H18N2/c12-9-11(5-1-2-6-11)10-13-7-3-4-8-13/h1-8,10H2. The van der Waals surface area contributed by atoms with Gasteiger partial charge in [-0.25, -0.2) is 0 Å². The van der Waals surface area contributed by atoms with Crippen LogP contribution in [0.4, 0.5) is 0 Å². The topological polar surface area (TPSA) is 27.0 Å². The summed E-state index contributed by atoms with van der Waals surface area (Å²) in [5.41, 5.74) is 0.0321. The van der Waals surface area contributed by atoms with Crippen molar-refractivity contribution in [1.82, 2.24) is 4.90 Å². The lowest BCUT2D eigenvalue weighted by Crippen LogP contribution is -2.33. The maximum absolute atomic E-state index is 9.20. The summed E-state index contributed by atoms with van der Waals surface area (Å²) in [6.07, 6.45) is 7.48. The molecule has 2 fully saturated rings. The van der Waals surface area contributed by atoms with E-state index in [1.165, 1.54) is 38.8 Å². The van der Waals surface area contributed by atoms with Crippen molar-refractivity contribution in [3.05, 3.63) is 0 Å². The molecule has 0 amide bonds. The zero-order chi connectivity index (χ0) is 9.15. The van der Waals surface area contributed by atoms with Gasteiger partial charge in [0.25, 0.3) is 0 Å². The molecule has 0 aromatic heterocycles. The molecule has 0 radical (unpaired) electrons. The third-order valence-electron chi connectivity index (χ3n) is 3.52. The monoisotopic (exact) mass is 178 g/mol. The molecule has 1 saturated heterocycles. The first kappa shape index (κ1) is 9.02. The summed E-state index contributed by atoms with van der Waals surface area (Å²) in [6.45, 7) is 3.50. The van der Waals surface area contributed by atoms with Crippen molar-refractivity contribution in [3.63, 3.8) is 0 Å². The van der Waals surface area contributed by atoms with Gasteiger partial charge in [0.15, 0.2) is 0 Å². The zero-order valence-corrected chi connectivity index (χ0v) is 8.26. The van der Waals surface area contributed by atoms with Crippen LogP contribution in [0.5, 0.6) is 0 Å². The lowest BCUT2D eigenvalue weighted by atomic mass is 9.87. The molecule has 0 N–H and O–H groups in total. The fourth-order valence-corrected chi connectivity index (χ4v) is 2.73. The van der Waals surface area contributed by atoms with Gasteiger partial charge in [0.2, 0.25) is 0 Å². The fraction of sp³-hybridized carbons (Fsp3) is 0.909. The predicted molar refractivity (Wildman–Crippen MR) is 52.2 cm³/mol. The largest absolute Gasteiger partial charge is 0.302 e. The molecule has 1 saturated carbocycles. The minimum atomic E-state index is 0.0321. The number of hydrogen-bond donors (Lipinski definition) is 0. The van der Waals surface area contributed by atoms with Gasteiger partial charge in [-0.05, 0) is 38.8 Å². The van der Waals surface area contributed by atoms with Crippen LogP contribution in [-0.4, -0.2) is 24.5 Å². The summed E-state index contributed by atoms with van der Waals surface area (Å²) in [6, 6.07) is 2.56. The van der Waals surface area contributed by atoms with Crippen molar-refractivity contribution in [3.8, 4) is 6.07 Å². The molecule has 1 heterocycles. The highest BCUT2D eigenvalue weighted by Gasteiger charge is 2.36. The molecule has 2 nitrogen and oxygen atoms in total. The minimum absolute atomic E-state index is 0.0321. The van der Waals surface area contributed by atoms with Gasteiger partial charge in [-0.15, -0.1) is 0 Å². The molecule has 72 valence electrons. The average Bonchev–Trinajstić information content (AvgIpc) is 2.77. The molecule has 1 aliphatic heterocycles. The van der Waals surface area contributed by atoms with Crippen LogP contribution < -0.4 is 0 Å². The molecule has 0 bridgehead atoms. The Morgan fingerprint density at radius 1 is 1.08 bits per heavy atom. The molecule has 0 atom stereocenters.